The van der Waals surface area contributed by atoms with E-state index >= 15 is 0 Å². The Labute approximate surface area is 116 Å². The summed E-state index contributed by atoms with van der Waals surface area (Å²) in [6.07, 6.45) is 2.35. The highest BCUT2D eigenvalue weighted by molar-refractivity contribution is 5.82. The SMILES string of the molecule is CC(C)CN(C(=O)CN(C)c1ccccc1)C1CC1. The molecule has 1 aliphatic carbocycles. The molecule has 1 saturated carbocycles. The lowest BCUT2D eigenvalue weighted by molar-refractivity contribution is -0.130. The Bertz CT molecular complexity index is 412. The zero-order valence-corrected chi connectivity index (χ0v) is 12.2. The molecule has 2 rings (SSSR count). The van der Waals surface area contributed by atoms with Gasteiger partial charge in [-0.1, -0.05) is 32.0 Å². The minimum absolute atomic E-state index is 0.252. The molecule has 104 valence electrons. The molecule has 0 N–H and O–H groups in total. The van der Waals surface area contributed by atoms with E-state index in [2.05, 4.69) is 18.7 Å². The summed E-state index contributed by atoms with van der Waals surface area (Å²) in [5.41, 5.74) is 1.09. The fourth-order valence-corrected chi connectivity index (χ4v) is 2.30. The number of hydrogen-bond acceptors (Lipinski definition) is 2. The fourth-order valence-electron chi connectivity index (χ4n) is 2.30. The summed E-state index contributed by atoms with van der Waals surface area (Å²) in [6.45, 7) is 5.69. The Balaban J connectivity index is 1.95. The van der Waals surface area contributed by atoms with Gasteiger partial charge in [0.15, 0.2) is 0 Å². The topological polar surface area (TPSA) is 23.6 Å². The van der Waals surface area contributed by atoms with Crippen LogP contribution in [0.5, 0.6) is 0 Å². The van der Waals surface area contributed by atoms with Gasteiger partial charge in [0.2, 0.25) is 5.91 Å². The van der Waals surface area contributed by atoms with E-state index < -0.39 is 0 Å². The standard InChI is InChI=1S/C16H24N2O/c1-13(2)11-18(15-9-10-15)16(19)12-17(3)14-7-5-4-6-8-14/h4-8,13,15H,9-12H2,1-3H3. The highest BCUT2D eigenvalue weighted by atomic mass is 16.2. The van der Waals surface area contributed by atoms with Crippen molar-refractivity contribution >= 4 is 11.6 Å². The van der Waals surface area contributed by atoms with Gasteiger partial charge in [-0.15, -0.1) is 0 Å². The Morgan fingerprint density at radius 2 is 1.89 bits per heavy atom. The van der Waals surface area contributed by atoms with Crippen LogP contribution >= 0.6 is 0 Å². The lowest BCUT2D eigenvalue weighted by Crippen LogP contribution is -2.42. The average molecular weight is 260 g/mol. The number of amides is 1. The van der Waals surface area contributed by atoms with Crippen molar-refractivity contribution in [3.63, 3.8) is 0 Å². The predicted molar refractivity (Wildman–Crippen MR) is 79.3 cm³/mol. The lowest BCUT2D eigenvalue weighted by atomic mass is 10.2. The fraction of sp³-hybridized carbons (Fsp3) is 0.562. The quantitative estimate of drug-likeness (QED) is 0.785. The number of carbonyl (C=O) groups excluding carboxylic acids is 1. The number of anilines is 1. The average Bonchev–Trinajstić information content (AvgIpc) is 3.21. The molecule has 1 aromatic rings. The van der Waals surface area contributed by atoms with E-state index in [4.69, 9.17) is 0 Å². The van der Waals surface area contributed by atoms with Crippen LogP contribution in [0.25, 0.3) is 0 Å². The number of hydrogen-bond donors (Lipinski definition) is 0. The first-order valence-electron chi connectivity index (χ1n) is 7.13. The molecule has 1 amide bonds. The van der Waals surface area contributed by atoms with Gasteiger partial charge in [0, 0.05) is 25.3 Å². The highest BCUT2D eigenvalue weighted by Crippen LogP contribution is 2.28. The second-order valence-electron chi connectivity index (χ2n) is 5.86. The van der Waals surface area contributed by atoms with E-state index in [1.165, 1.54) is 12.8 Å². The lowest BCUT2D eigenvalue weighted by Gasteiger charge is -2.27. The minimum atomic E-state index is 0.252. The molecule has 0 radical (unpaired) electrons. The molecule has 3 nitrogen and oxygen atoms in total. The van der Waals surface area contributed by atoms with Crippen molar-refractivity contribution in [3.05, 3.63) is 30.3 Å². The Hall–Kier alpha value is -1.51. The van der Waals surface area contributed by atoms with Crippen LogP contribution in [0, 0.1) is 5.92 Å². The summed E-state index contributed by atoms with van der Waals surface area (Å²) in [5, 5.41) is 0. The number of carbonyl (C=O) groups is 1. The van der Waals surface area contributed by atoms with Crippen LogP contribution in [0.2, 0.25) is 0 Å². The molecule has 19 heavy (non-hydrogen) atoms. The smallest absolute Gasteiger partial charge is 0.242 e. The highest BCUT2D eigenvalue weighted by Gasteiger charge is 2.32. The second kappa shape index (κ2) is 6.09. The van der Waals surface area contributed by atoms with Gasteiger partial charge in [-0.25, -0.2) is 0 Å². The zero-order valence-electron chi connectivity index (χ0n) is 12.2. The second-order valence-corrected chi connectivity index (χ2v) is 5.86. The molecular weight excluding hydrogens is 236 g/mol. The molecule has 1 fully saturated rings. The van der Waals surface area contributed by atoms with E-state index in [-0.39, 0.29) is 5.91 Å². The van der Waals surface area contributed by atoms with Crippen LogP contribution in [-0.2, 0) is 4.79 Å². The summed E-state index contributed by atoms with van der Waals surface area (Å²) in [6, 6.07) is 10.6. The van der Waals surface area contributed by atoms with Gasteiger partial charge in [-0.05, 0) is 30.9 Å². The Morgan fingerprint density at radius 1 is 1.26 bits per heavy atom. The molecule has 3 heteroatoms. The maximum atomic E-state index is 12.4. The van der Waals surface area contributed by atoms with Crippen molar-refractivity contribution in [2.24, 2.45) is 5.92 Å². The number of rotatable bonds is 6. The van der Waals surface area contributed by atoms with Gasteiger partial charge < -0.3 is 9.80 Å². The number of para-hydroxylation sites is 1. The minimum Gasteiger partial charge on any atom is -0.365 e. The summed E-state index contributed by atoms with van der Waals surface area (Å²) in [5.74, 6) is 0.786. The van der Waals surface area contributed by atoms with Crippen LogP contribution in [-0.4, -0.2) is 37.0 Å². The molecule has 0 aromatic heterocycles. The van der Waals surface area contributed by atoms with Crippen molar-refractivity contribution in [1.82, 2.24) is 4.90 Å². The van der Waals surface area contributed by atoms with Crippen LogP contribution in [0.3, 0.4) is 0 Å². The van der Waals surface area contributed by atoms with Crippen molar-refractivity contribution in [2.75, 3.05) is 25.0 Å². The first-order chi connectivity index (χ1) is 9.08. The van der Waals surface area contributed by atoms with Crippen LogP contribution in [0.4, 0.5) is 5.69 Å². The van der Waals surface area contributed by atoms with Gasteiger partial charge in [-0.2, -0.15) is 0 Å². The Morgan fingerprint density at radius 3 is 2.42 bits per heavy atom. The summed E-state index contributed by atoms with van der Waals surface area (Å²) < 4.78 is 0. The Kier molecular flexibility index (Phi) is 4.46. The van der Waals surface area contributed by atoms with E-state index in [0.717, 1.165) is 12.2 Å². The molecule has 0 spiro atoms. The first-order valence-corrected chi connectivity index (χ1v) is 7.13. The molecule has 1 aliphatic rings. The molecule has 0 heterocycles. The number of nitrogens with zero attached hydrogens (tertiary/aromatic N) is 2. The summed E-state index contributed by atoms with van der Waals surface area (Å²) >= 11 is 0. The molecule has 0 saturated heterocycles. The molecule has 0 aliphatic heterocycles. The maximum absolute atomic E-state index is 12.4. The monoisotopic (exact) mass is 260 g/mol. The van der Waals surface area contributed by atoms with E-state index in [1.807, 2.05) is 42.3 Å². The van der Waals surface area contributed by atoms with Crippen LogP contribution < -0.4 is 4.90 Å². The molecule has 0 unspecified atom stereocenters. The maximum Gasteiger partial charge on any atom is 0.242 e. The third kappa shape index (κ3) is 3.98. The largest absolute Gasteiger partial charge is 0.365 e. The van der Waals surface area contributed by atoms with Crippen molar-refractivity contribution in [2.45, 2.75) is 32.7 Å². The third-order valence-electron chi connectivity index (χ3n) is 3.44. The van der Waals surface area contributed by atoms with Gasteiger partial charge >= 0.3 is 0 Å². The van der Waals surface area contributed by atoms with Crippen molar-refractivity contribution in [1.29, 1.82) is 0 Å². The molecule has 1 aromatic carbocycles. The van der Waals surface area contributed by atoms with E-state index in [1.54, 1.807) is 0 Å². The van der Waals surface area contributed by atoms with E-state index in [0.29, 0.717) is 18.5 Å². The van der Waals surface area contributed by atoms with Gasteiger partial charge in [0.1, 0.15) is 0 Å². The number of benzene rings is 1. The molecule has 0 atom stereocenters. The third-order valence-corrected chi connectivity index (χ3v) is 3.44. The van der Waals surface area contributed by atoms with Gasteiger partial charge in [-0.3, -0.25) is 4.79 Å². The van der Waals surface area contributed by atoms with Crippen LogP contribution in [0.15, 0.2) is 30.3 Å². The summed E-state index contributed by atoms with van der Waals surface area (Å²) in [7, 11) is 1.98. The number of likely N-dealkylation sites (N-methyl/N-ethyl adjacent to an activating group) is 1. The first kappa shape index (κ1) is 13.9. The van der Waals surface area contributed by atoms with E-state index in [9.17, 15) is 4.79 Å². The van der Waals surface area contributed by atoms with Crippen LogP contribution in [0.1, 0.15) is 26.7 Å². The molecule has 0 bridgehead atoms. The summed E-state index contributed by atoms with van der Waals surface area (Å²) in [4.78, 5) is 16.5. The zero-order chi connectivity index (χ0) is 13.8. The molecular formula is C16H24N2O. The van der Waals surface area contributed by atoms with Crippen molar-refractivity contribution < 1.29 is 4.79 Å². The van der Waals surface area contributed by atoms with Gasteiger partial charge in [0.25, 0.3) is 0 Å². The normalized spacial score (nSPS) is 14.5. The predicted octanol–water partition coefficient (Wildman–Crippen LogP) is 2.77. The van der Waals surface area contributed by atoms with Crippen molar-refractivity contribution in [3.8, 4) is 0 Å². The van der Waals surface area contributed by atoms with Gasteiger partial charge in [0.05, 0.1) is 6.54 Å².